The molecule has 0 amide bonds. The lowest BCUT2D eigenvalue weighted by Gasteiger charge is -2.25. The SMILES string of the molecule is CCOC(=O)C1=C(C)N=c2s/c(=C\c3cc(I)c(OCc4ccccc4C#N)c(OC)c3)c(=O)n2C1c1ccc(OC)c(Br)c1. The molecule has 1 unspecified atom stereocenters. The summed E-state index contributed by atoms with van der Waals surface area (Å²) in [5.74, 6) is 1.10. The molecule has 45 heavy (non-hydrogen) atoms. The molecule has 4 aromatic rings. The second kappa shape index (κ2) is 14.0. The van der Waals surface area contributed by atoms with Gasteiger partial charge in [0.2, 0.25) is 0 Å². The van der Waals surface area contributed by atoms with Crippen molar-refractivity contribution in [3.63, 3.8) is 0 Å². The summed E-state index contributed by atoms with van der Waals surface area (Å²) >= 11 is 6.93. The summed E-state index contributed by atoms with van der Waals surface area (Å²) in [6, 6.07) is 17.8. The molecular weight excluding hydrogens is 773 g/mol. The topological polar surface area (TPSA) is 112 Å². The van der Waals surface area contributed by atoms with Crippen LogP contribution in [0.3, 0.4) is 0 Å². The molecule has 1 aliphatic rings. The Morgan fingerprint density at radius 2 is 1.91 bits per heavy atom. The number of carbonyl (C=O) groups excluding carboxylic acids is 1. The zero-order valence-corrected chi connectivity index (χ0v) is 29.3. The van der Waals surface area contributed by atoms with E-state index >= 15 is 0 Å². The van der Waals surface area contributed by atoms with Gasteiger partial charge in [-0.25, -0.2) is 9.79 Å². The fourth-order valence-electron chi connectivity index (χ4n) is 4.98. The van der Waals surface area contributed by atoms with Gasteiger partial charge in [0.05, 0.1) is 62.3 Å². The number of methoxy groups -OCH3 is 2. The number of esters is 1. The quantitative estimate of drug-likeness (QED) is 0.159. The maximum Gasteiger partial charge on any atom is 0.338 e. The minimum Gasteiger partial charge on any atom is -0.496 e. The maximum absolute atomic E-state index is 14.1. The Morgan fingerprint density at radius 1 is 1.16 bits per heavy atom. The van der Waals surface area contributed by atoms with Gasteiger partial charge in [0.25, 0.3) is 5.56 Å². The number of ether oxygens (including phenoxy) is 4. The summed E-state index contributed by atoms with van der Waals surface area (Å²) in [7, 11) is 3.12. The third-order valence-corrected chi connectivity index (χ3v) is 9.47. The van der Waals surface area contributed by atoms with Gasteiger partial charge in [0.15, 0.2) is 16.3 Å². The molecule has 1 atom stereocenters. The van der Waals surface area contributed by atoms with E-state index in [1.54, 1.807) is 52.3 Å². The first-order valence-corrected chi connectivity index (χ1v) is 16.4. The molecule has 3 aromatic carbocycles. The van der Waals surface area contributed by atoms with Crippen molar-refractivity contribution in [1.29, 1.82) is 5.26 Å². The fraction of sp³-hybridized carbons (Fsp3) is 0.212. The van der Waals surface area contributed by atoms with Crippen molar-refractivity contribution in [2.75, 3.05) is 20.8 Å². The highest BCUT2D eigenvalue weighted by molar-refractivity contribution is 14.1. The van der Waals surface area contributed by atoms with E-state index < -0.39 is 12.0 Å². The Hall–Kier alpha value is -3.93. The molecule has 12 heteroatoms. The van der Waals surface area contributed by atoms with Gasteiger partial charge >= 0.3 is 5.97 Å². The zero-order valence-electron chi connectivity index (χ0n) is 24.7. The Balaban J connectivity index is 1.59. The number of benzene rings is 3. The van der Waals surface area contributed by atoms with E-state index in [9.17, 15) is 14.9 Å². The van der Waals surface area contributed by atoms with E-state index in [2.05, 4.69) is 49.6 Å². The van der Waals surface area contributed by atoms with E-state index in [0.29, 0.717) is 53.5 Å². The van der Waals surface area contributed by atoms with Crippen molar-refractivity contribution in [1.82, 2.24) is 4.57 Å². The highest BCUT2D eigenvalue weighted by atomic mass is 127. The summed E-state index contributed by atoms with van der Waals surface area (Å²) in [6.45, 7) is 3.86. The molecule has 1 aromatic heterocycles. The van der Waals surface area contributed by atoms with Crippen LogP contribution in [0, 0.1) is 14.9 Å². The molecule has 2 heterocycles. The second-order valence-corrected chi connectivity index (χ2v) is 12.8. The van der Waals surface area contributed by atoms with Crippen molar-refractivity contribution in [2.45, 2.75) is 26.5 Å². The van der Waals surface area contributed by atoms with Crippen molar-refractivity contribution in [2.24, 2.45) is 4.99 Å². The van der Waals surface area contributed by atoms with Gasteiger partial charge < -0.3 is 18.9 Å². The lowest BCUT2D eigenvalue weighted by molar-refractivity contribution is -0.139. The third kappa shape index (κ3) is 6.56. The number of nitrogens with zero attached hydrogens (tertiary/aromatic N) is 3. The zero-order chi connectivity index (χ0) is 32.2. The molecule has 0 spiro atoms. The number of fused-ring (bicyclic) bond motifs is 1. The summed E-state index contributed by atoms with van der Waals surface area (Å²) in [5, 5.41) is 9.42. The molecule has 1 aliphatic heterocycles. The molecule has 0 saturated heterocycles. The standard InChI is InChI=1S/C33H27BrIN3O6S/c1-5-43-32(40)28-18(2)37-33-38(29(28)20-10-11-25(41-3)23(34)15-20)31(39)27(45-33)14-19-12-24(35)30(26(13-19)42-4)44-17-22-9-7-6-8-21(22)16-36/h6-15,29H,5,17H2,1-4H3/b27-14-. The summed E-state index contributed by atoms with van der Waals surface area (Å²) < 4.78 is 26.0. The molecule has 230 valence electrons. The highest BCUT2D eigenvalue weighted by Crippen LogP contribution is 2.36. The van der Waals surface area contributed by atoms with E-state index in [1.807, 2.05) is 36.4 Å². The van der Waals surface area contributed by atoms with Crippen LogP contribution >= 0.6 is 49.9 Å². The van der Waals surface area contributed by atoms with Crippen LogP contribution in [-0.4, -0.2) is 31.4 Å². The Kier molecular flexibility index (Phi) is 10.1. The smallest absolute Gasteiger partial charge is 0.338 e. The Bertz CT molecular complexity index is 2060. The average molecular weight is 800 g/mol. The summed E-state index contributed by atoms with van der Waals surface area (Å²) in [6.07, 6.45) is 1.77. The van der Waals surface area contributed by atoms with Gasteiger partial charge in [-0.3, -0.25) is 9.36 Å². The van der Waals surface area contributed by atoms with Crippen LogP contribution in [0.15, 0.2) is 80.1 Å². The first kappa shape index (κ1) is 32.5. The number of rotatable bonds is 9. The Labute approximate surface area is 285 Å². The predicted molar refractivity (Wildman–Crippen MR) is 182 cm³/mol. The number of hydrogen-bond donors (Lipinski definition) is 0. The number of aromatic nitrogens is 1. The minimum absolute atomic E-state index is 0.185. The summed E-state index contributed by atoms with van der Waals surface area (Å²) in [4.78, 5) is 32.4. The third-order valence-electron chi connectivity index (χ3n) is 7.07. The number of nitriles is 1. The van der Waals surface area contributed by atoms with Crippen molar-refractivity contribution >= 4 is 61.9 Å². The van der Waals surface area contributed by atoms with E-state index in [4.69, 9.17) is 18.9 Å². The number of carbonyl (C=O) groups is 1. The fourth-order valence-corrected chi connectivity index (χ4v) is 7.37. The van der Waals surface area contributed by atoms with Gasteiger partial charge in [-0.1, -0.05) is 35.6 Å². The van der Waals surface area contributed by atoms with Crippen molar-refractivity contribution < 1.29 is 23.7 Å². The van der Waals surface area contributed by atoms with E-state index in [1.165, 1.54) is 15.9 Å². The van der Waals surface area contributed by atoms with E-state index in [-0.39, 0.29) is 18.8 Å². The lowest BCUT2D eigenvalue weighted by Crippen LogP contribution is -2.40. The molecule has 0 fully saturated rings. The van der Waals surface area contributed by atoms with Gasteiger partial charge in [0.1, 0.15) is 12.4 Å². The predicted octanol–water partition coefficient (Wildman–Crippen LogP) is 5.63. The summed E-state index contributed by atoms with van der Waals surface area (Å²) in [5.41, 5.74) is 3.20. The molecule has 9 nitrogen and oxygen atoms in total. The van der Waals surface area contributed by atoms with Gasteiger partial charge in [-0.2, -0.15) is 5.26 Å². The average Bonchev–Trinajstić information content (AvgIpc) is 3.33. The molecule has 0 N–H and O–H groups in total. The number of allylic oxidation sites excluding steroid dienone is 1. The first-order chi connectivity index (χ1) is 21.7. The largest absolute Gasteiger partial charge is 0.496 e. The monoisotopic (exact) mass is 799 g/mol. The van der Waals surface area contributed by atoms with Crippen LogP contribution in [-0.2, 0) is 16.1 Å². The highest BCUT2D eigenvalue weighted by Gasteiger charge is 2.33. The van der Waals surface area contributed by atoms with Crippen LogP contribution in [0.5, 0.6) is 17.2 Å². The van der Waals surface area contributed by atoms with Crippen LogP contribution in [0.1, 0.15) is 42.1 Å². The number of hydrogen-bond acceptors (Lipinski definition) is 9. The van der Waals surface area contributed by atoms with Crippen LogP contribution in [0.25, 0.3) is 6.08 Å². The normalized spacial score (nSPS) is 14.3. The molecule has 5 rings (SSSR count). The second-order valence-electron chi connectivity index (χ2n) is 9.79. The van der Waals surface area contributed by atoms with Crippen molar-refractivity contribution in [3.05, 3.63) is 116 Å². The van der Waals surface area contributed by atoms with Crippen LogP contribution in [0.4, 0.5) is 0 Å². The number of thiazole rings is 1. The van der Waals surface area contributed by atoms with Gasteiger partial charge in [-0.15, -0.1) is 0 Å². The minimum atomic E-state index is -0.758. The van der Waals surface area contributed by atoms with Gasteiger partial charge in [0, 0.05) is 5.56 Å². The Morgan fingerprint density at radius 3 is 2.60 bits per heavy atom. The molecule has 0 saturated carbocycles. The molecule has 0 bridgehead atoms. The van der Waals surface area contributed by atoms with Gasteiger partial charge in [-0.05, 0) is 99.9 Å². The van der Waals surface area contributed by atoms with Crippen molar-refractivity contribution in [3.8, 4) is 23.3 Å². The number of halogens is 2. The molecule has 0 radical (unpaired) electrons. The lowest BCUT2D eigenvalue weighted by atomic mass is 9.96. The maximum atomic E-state index is 14.1. The van der Waals surface area contributed by atoms with Crippen LogP contribution < -0.4 is 29.1 Å². The molecule has 0 aliphatic carbocycles. The molecular formula is C33H27BrIN3O6S. The van der Waals surface area contributed by atoms with Crippen LogP contribution in [0.2, 0.25) is 0 Å². The first-order valence-electron chi connectivity index (χ1n) is 13.7. The van der Waals surface area contributed by atoms with E-state index in [0.717, 1.165) is 14.7 Å².